The molecule has 0 saturated carbocycles. The van der Waals surface area contributed by atoms with Crippen LogP contribution in [-0.2, 0) is 11.3 Å². The number of benzene rings is 2. The number of amides is 1. The molecule has 0 saturated heterocycles. The van der Waals surface area contributed by atoms with Crippen molar-refractivity contribution in [2.75, 3.05) is 13.4 Å². The van der Waals surface area contributed by atoms with Crippen molar-refractivity contribution in [3.05, 3.63) is 65.2 Å². The molecule has 0 aliphatic heterocycles. The first kappa shape index (κ1) is 19.0. The van der Waals surface area contributed by atoms with E-state index in [1.807, 2.05) is 30.5 Å². The van der Waals surface area contributed by atoms with Gasteiger partial charge in [0.25, 0.3) is 5.91 Å². The molecule has 2 N–H and O–H groups in total. The molecule has 2 aromatic rings. The van der Waals surface area contributed by atoms with Gasteiger partial charge in [0.15, 0.2) is 5.11 Å². The molecule has 0 unspecified atom stereocenters. The summed E-state index contributed by atoms with van der Waals surface area (Å²) >= 11 is 6.82. The molecular weight excluding hydrogens is 356 g/mol. The molecule has 5 nitrogen and oxygen atoms in total. The van der Waals surface area contributed by atoms with E-state index < -0.39 is 5.97 Å². The van der Waals surface area contributed by atoms with Crippen molar-refractivity contribution >= 4 is 41.0 Å². The maximum absolute atomic E-state index is 12.2. The van der Waals surface area contributed by atoms with Crippen molar-refractivity contribution < 1.29 is 14.3 Å². The molecule has 1 amide bonds. The summed E-state index contributed by atoms with van der Waals surface area (Å²) in [7, 11) is 1.29. The molecule has 0 atom stereocenters. The second-order valence-corrected chi connectivity index (χ2v) is 6.35. The van der Waals surface area contributed by atoms with Gasteiger partial charge in [0.2, 0.25) is 0 Å². The van der Waals surface area contributed by atoms with Crippen molar-refractivity contribution in [2.24, 2.45) is 0 Å². The van der Waals surface area contributed by atoms with Crippen molar-refractivity contribution in [2.45, 2.75) is 11.4 Å². The minimum atomic E-state index is -0.496. The van der Waals surface area contributed by atoms with E-state index in [4.69, 9.17) is 12.2 Å². The topological polar surface area (TPSA) is 67.4 Å². The van der Waals surface area contributed by atoms with E-state index >= 15 is 0 Å². The van der Waals surface area contributed by atoms with E-state index in [1.54, 1.807) is 30.0 Å². The summed E-state index contributed by atoms with van der Waals surface area (Å²) in [6.45, 7) is 0.510. The van der Waals surface area contributed by atoms with Crippen molar-refractivity contribution in [1.82, 2.24) is 10.6 Å². The van der Waals surface area contributed by atoms with Crippen LogP contribution in [0.25, 0.3) is 0 Å². The molecule has 25 heavy (non-hydrogen) atoms. The first-order valence-electron chi connectivity index (χ1n) is 7.44. The fourth-order valence-corrected chi connectivity index (χ4v) is 2.62. The van der Waals surface area contributed by atoms with Gasteiger partial charge in [-0.05, 0) is 54.4 Å². The molecule has 7 heteroatoms. The third-order valence-electron chi connectivity index (χ3n) is 3.39. The number of carbonyl (C=O) groups excluding carboxylic acids is 2. The number of hydrogen-bond acceptors (Lipinski definition) is 5. The summed E-state index contributed by atoms with van der Waals surface area (Å²) in [6, 6.07) is 14.3. The molecule has 0 fully saturated rings. The number of thioether (sulfide) groups is 1. The smallest absolute Gasteiger partial charge is 0.337 e. The van der Waals surface area contributed by atoms with Crippen LogP contribution in [0, 0.1) is 0 Å². The molecule has 0 aliphatic rings. The lowest BCUT2D eigenvalue weighted by Crippen LogP contribution is -2.38. The number of ether oxygens (including phenoxy) is 1. The summed E-state index contributed by atoms with van der Waals surface area (Å²) in [5.74, 6) is -0.884. The largest absolute Gasteiger partial charge is 0.465 e. The average molecular weight is 374 g/mol. The van der Waals surface area contributed by atoms with Gasteiger partial charge in [-0.15, -0.1) is 11.8 Å². The molecule has 0 spiro atoms. The monoisotopic (exact) mass is 374 g/mol. The van der Waals surface area contributed by atoms with E-state index in [0.29, 0.717) is 17.7 Å². The van der Waals surface area contributed by atoms with Crippen LogP contribution in [0.4, 0.5) is 0 Å². The van der Waals surface area contributed by atoms with Crippen LogP contribution in [0.5, 0.6) is 0 Å². The van der Waals surface area contributed by atoms with Crippen LogP contribution in [0.2, 0.25) is 0 Å². The lowest BCUT2D eigenvalue weighted by Gasteiger charge is -2.10. The van der Waals surface area contributed by atoms with Crippen LogP contribution in [0.1, 0.15) is 26.3 Å². The van der Waals surface area contributed by atoms with Crippen LogP contribution >= 0.6 is 24.0 Å². The zero-order valence-corrected chi connectivity index (χ0v) is 15.5. The zero-order valence-electron chi connectivity index (χ0n) is 13.9. The summed E-state index contributed by atoms with van der Waals surface area (Å²) in [6.07, 6.45) is 2.02. The Bertz CT molecular complexity index is 776. The Kier molecular flexibility index (Phi) is 6.97. The van der Waals surface area contributed by atoms with Gasteiger partial charge in [-0.3, -0.25) is 10.1 Å². The van der Waals surface area contributed by atoms with E-state index in [1.165, 1.54) is 18.1 Å². The maximum atomic E-state index is 12.2. The predicted octanol–water partition coefficient (Wildman–Crippen LogP) is 3.00. The zero-order chi connectivity index (χ0) is 18.2. The molecule has 2 aromatic carbocycles. The average Bonchev–Trinajstić information content (AvgIpc) is 2.66. The second-order valence-electron chi connectivity index (χ2n) is 5.06. The number of methoxy groups -OCH3 is 1. The summed E-state index contributed by atoms with van der Waals surface area (Å²) in [5.41, 5.74) is 1.70. The van der Waals surface area contributed by atoms with Crippen molar-refractivity contribution in [3.63, 3.8) is 0 Å². The highest BCUT2D eigenvalue weighted by Gasteiger charge is 2.11. The molecule has 2 rings (SSSR count). The van der Waals surface area contributed by atoms with Crippen molar-refractivity contribution in [3.8, 4) is 0 Å². The van der Waals surface area contributed by atoms with E-state index in [-0.39, 0.29) is 11.0 Å². The van der Waals surface area contributed by atoms with Gasteiger partial charge in [-0.25, -0.2) is 4.79 Å². The number of thiocarbonyl (C=S) groups is 1. The van der Waals surface area contributed by atoms with E-state index in [9.17, 15) is 9.59 Å². The number of carbonyl (C=O) groups is 2. The molecule has 0 aliphatic carbocycles. The van der Waals surface area contributed by atoms with Gasteiger partial charge in [-0.1, -0.05) is 18.2 Å². The van der Waals surface area contributed by atoms with Gasteiger partial charge in [0.1, 0.15) is 0 Å². The highest BCUT2D eigenvalue weighted by Crippen LogP contribution is 2.14. The van der Waals surface area contributed by atoms with E-state index in [2.05, 4.69) is 15.4 Å². The molecular formula is C18H18N2O3S2. The summed E-state index contributed by atoms with van der Waals surface area (Å²) < 4.78 is 4.65. The Morgan fingerprint density at radius 3 is 2.44 bits per heavy atom. The van der Waals surface area contributed by atoms with Gasteiger partial charge >= 0.3 is 5.97 Å². The first-order chi connectivity index (χ1) is 12.0. The second kappa shape index (κ2) is 9.19. The first-order valence-corrected chi connectivity index (χ1v) is 9.07. The molecule has 0 radical (unpaired) electrons. The van der Waals surface area contributed by atoms with E-state index in [0.717, 1.165) is 5.56 Å². The highest BCUT2D eigenvalue weighted by molar-refractivity contribution is 7.98. The molecule has 0 heterocycles. The minimum absolute atomic E-state index is 0.224. The number of hydrogen-bond donors (Lipinski definition) is 2. The van der Waals surface area contributed by atoms with Gasteiger partial charge in [-0.2, -0.15) is 0 Å². The summed E-state index contributed by atoms with van der Waals surface area (Å²) in [4.78, 5) is 24.9. The lowest BCUT2D eigenvalue weighted by molar-refractivity contribution is 0.0600. The fraction of sp³-hybridized carbons (Fsp3) is 0.167. The lowest BCUT2D eigenvalue weighted by atomic mass is 10.1. The Hall–Kier alpha value is -2.38. The molecule has 130 valence electrons. The Morgan fingerprint density at radius 2 is 1.80 bits per heavy atom. The maximum Gasteiger partial charge on any atom is 0.337 e. The van der Waals surface area contributed by atoms with Crippen molar-refractivity contribution in [1.29, 1.82) is 0 Å². The standard InChI is InChI=1S/C18H18N2O3S2/c1-23-17(22)14-5-3-4-13(10-14)16(21)20-18(24)19-11-12-6-8-15(25-2)9-7-12/h3-10H,11H2,1-2H3,(H2,19,20,21,24). The van der Waals surface area contributed by atoms with Crippen LogP contribution in [0.15, 0.2) is 53.4 Å². The summed E-state index contributed by atoms with van der Waals surface area (Å²) in [5, 5.41) is 5.81. The number of rotatable bonds is 5. The number of nitrogens with one attached hydrogen (secondary N) is 2. The van der Waals surface area contributed by atoms with Crippen LogP contribution < -0.4 is 10.6 Å². The molecule has 0 bridgehead atoms. The van der Waals surface area contributed by atoms with Gasteiger partial charge in [0, 0.05) is 17.0 Å². The quantitative estimate of drug-likeness (QED) is 0.476. The Morgan fingerprint density at radius 1 is 1.12 bits per heavy atom. The fourth-order valence-electron chi connectivity index (χ4n) is 2.05. The normalized spacial score (nSPS) is 10.0. The van der Waals surface area contributed by atoms with Crippen LogP contribution in [-0.4, -0.2) is 30.4 Å². The van der Waals surface area contributed by atoms with Gasteiger partial charge < -0.3 is 10.1 Å². The van der Waals surface area contributed by atoms with Gasteiger partial charge in [0.05, 0.1) is 12.7 Å². The highest BCUT2D eigenvalue weighted by atomic mass is 32.2. The third-order valence-corrected chi connectivity index (χ3v) is 4.38. The number of esters is 1. The SMILES string of the molecule is COC(=O)c1cccc(C(=O)NC(=S)NCc2ccc(SC)cc2)c1. The minimum Gasteiger partial charge on any atom is -0.465 e. The Labute approximate surface area is 156 Å². The predicted molar refractivity (Wildman–Crippen MR) is 103 cm³/mol. The van der Waals surface area contributed by atoms with Crippen LogP contribution in [0.3, 0.4) is 0 Å². The third kappa shape index (κ3) is 5.58. The Balaban J connectivity index is 1.91. The molecule has 0 aromatic heterocycles.